The molecule has 0 heterocycles. The zero-order valence-corrected chi connectivity index (χ0v) is 22.7. The van der Waals surface area contributed by atoms with Crippen LogP contribution in [0.25, 0.3) is 0 Å². The number of amides is 2. The Morgan fingerprint density at radius 1 is 0.947 bits per heavy atom. The lowest BCUT2D eigenvalue weighted by atomic mass is 9.86. The number of sulfone groups is 1. The van der Waals surface area contributed by atoms with E-state index in [1.807, 2.05) is 67.6 Å². The first-order valence-corrected chi connectivity index (χ1v) is 14.6. The molecule has 1 fully saturated rings. The molecule has 0 saturated heterocycles. The quantitative estimate of drug-likeness (QED) is 0.380. The second kappa shape index (κ2) is 11.4. The highest BCUT2D eigenvalue weighted by Crippen LogP contribution is 2.63. The normalized spacial score (nSPS) is 20.1. The molecule has 0 radical (unpaired) electrons. The van der Waals surface area contributed by atoms with Crippen molar-refractivity contribution in [3.8, 4) is 0 Å². The molecular weight excluding hydrogens is 500 g/mol. The third-order valence-corrected chi connectivity index (χ3v) is 8.58. The summed E-state index contributed by atoms with van der Waals surface area (Å²) in [5.74, 6) is -0.289. The molecule has 2 N–H and O–H groups in total. The molecule has 1 aliphatic carbocycles. The van der Waals surface area contributed by atoms with Gasteiger partial charge >= 0.3 is 6.09 Å². The summed E-state index contributed by atoms with van der Waals surface area (Å²) in [4.78, 5) is 26.1. The molecule has 2 amide bonds. The molecule has 3 aromatic rings. The Bertz CT molecular complexity index is 1360. The van der Waals surface area contributed by atoms with Crippen LogP contribution in [-0.4, -0.2) is 26.7 Å². The third kappa shape index (κ3) is 6.61. The number of alkyl carbamates (subject to hydrolysis) is 1. The number of rotatable bonds is 10. The Morgan fingerprint density at radius 3 is 2.16 bits per heavy atom. The van der Waals surface area contributed by atoms with E-state index in [9.17, 15) is 18.0 Å². The first-order valence-electron chi connectivity index (χ1n) is 12.7. The molecule has 7 nitrogen and oxygen atoms in total. The molecule has 0 aliphatic heterocycles. The predicted octanol–water partition coefficient (Wildman–Crippen LogP) is 5.04. The Labute approximate surface area is 224 Å². The molecule has 8 heteroatoms. The number of carbonyl (C=O) groups excluding carboxylic acids is 2. The molecule has 4 atom stereocenters. The van der Waals surface area contributed by atoms with Crippen LogP contribution in [0.1, 0.15) is 43.0 Å². The van der Waals surface area contributed by atoms with Crippen LogP contribution < -0.4 is 10.6 Å². The number of ether oxygens (including phenoxy) is 1. The van der Waals surface area contributed by atoms with Crippen molar-refractivity contribution < 1.29 is 22.7 Å². The van der Waals surface area contributed by atoms with Gasteiger partial charge in [0.15, 0.2) is 9.84 Å². The molecule has 200 valence electrons. The molecule has 1 saturated carbocycles. The topological polar surface area (TPSA) is 102 Å². The first kappa shape index (κ1) is 27.4. The summed E-state index contributed by atoms with van der Waals surface area (Å²) >= 11 is 0. The summed E-state index contributed by atoms with van der Waals surface area (Å²) in [6, 6.07) is 25.5. The van der Waals surface area contributed by atoms with Crippen molar-refractivity contribution >= 4 is 21.8 Å². The van der Waals surface area contributed by atoms with E-state index < -0.39 is 15.9 Å². The summed E-state index contributed by atoms with van der Waals surface area (Å²) in [5.41, 5.74) is 2.38. The maximum Gasteiger partial charge on any atom is 0.407 e. The summed E-state index contributed by atoms with van der Waals surface area (Å²) in [5, 5.41) is 6.04. The van der Waals surface area contributed by atoms with E-state index >= 15 is 0 Å². The molecule has 4 rings (SSSR count). The highest BCUT2D eigenvalue weighted by molar-refractivity contribution is 7.90. The minimum atomic E-state index is -3.26. The van der Waals surface area contributed by atoms with Crippen molar-refractivity contribution in [3.63, 3.8) is 0 Å². The second-order valence-corrected chi connectivity index (χ2v) is 12.3. The molecule has 3 aromatic carbocycles. The molecule has 3 unspecified atom stereocenters. The predicted molar refractivity (Wildman–Crippen MR) is 146 cm³/mol. The number of nitrogens with one attached hydrogen (secondary N) is 2. The van der Waals surface area contributed by atoms with Crippen molar-refractivity contribution in [2.75, 3.05) is 6.26 Å². The Kier molecular flexibility index (Phi) is 8.21. The van der Waals surface area contributed by atoms with Crippen LogP contribution >= 0.6 is 0 Å². The van der Waals surface area contributed by atoms with Gasteiger partial charge in [-0.3, -0.25) is 4.79 Å². The maximum atomic E-state index is 13.0. The Balaban J connectivity index is 1.39. The molecular formula is C30H34N2O5S. The van der Waals surface area contributed by atoms with Crippen LogP contribution in [0.4, 0.5) is 4.79 Å². The van der Waals surface area contributed by atoms with Gasteiger partial charge in [-0.25, -0.2) is 13.2 Å². The molecule has 38 heavy (non-hydrogen) atoms. The molecule has 1 aliphatic rings. The second-order valence-electron chi connectivity index (χ2n) is 10.3. The Morgan fingerprint density at radius 2 is 1.55 bits per heavy atom. The van der Waals surface area contributed by atoms with Gasteiger partial charge in [0.2, 0.25) is 5.91 Å². The summed E-state index contributed by atoms with van der Waals surface area (Å²) in [6.07, 6.45) is 1.45. The average molecular weight is 535 g/mol. The lowest BCUT2D eigenvalue weighted by Gasteiger charge is -2.28. The fourth-order valence-corrected chi connectivity index (χ4v) is 5.67. The van der Waals surface area contributed by atoms with Gasteiger partial charge in [0, 0.05) is 18.7 Å². The minimum Gasteiger partial charge on any atom is -0.445 e. The average Bonchev–Trinajstić information content (AvgIpc) is 3.61. The van der Waals surface area contributed by atoms with E-state index in [0.717, 1.165) is 23.1 Å². The summed E-state index contributed by atoms with van der Waals surface area (Å²) in [6.45, 7) is 4.50. The summed E-state index contributed by atoms with van der Waals surface area (Å²) in [7, 11) is -3.26. The van der Waals surface area contributed by atoms with Gasteiger partial charge in [-0.15, -0.1) is 0 Å². The lowest BCUT2D eigenvalue weighted by molar-refractivity contribution is -0.125. The van der Waals surface area contributed by atoms with Crippen LogP contribution in [0, 0.1) is 17.3 Å². The summed E-state index contributed by atoms with van der Waals surface area (Å²) < 4.78 is 28.8. The SMILES string of the molecule is CC(C(=O)NCc1ccc(S(C)(=O)=O)cc1)C1C[C@]1(C)C(NC(=O)OCc1ccccc1)c1ccccc1. The van der Waals surface area contributed by atoms with Crippen molar-refractivity contribution in [3.05, 3.63) is 102 Å². The molecule has 0 spiro atoms. The molecule has 0 bridgehead atoms. The number of benzene rings is 3. The van der Waals surface area contributed by atoms with E-state index in [0.29, 0.717) is 6.54 Å². The van der Waals surface area contributed by atoms with Crippen LogP contribution in [-0.2, 0) is 32.5 Å². The van der Waals surface area contributed by atoms with Gasteiger partial charge in [-0.1, -0.05) is 86.6 Å². The zero-order valence-electron chi connectivity index (χ0n) is 21.9. The van der Waals surface area contributed by atoms with Crippen LogP contribution in [0.15, 0.2) is 89.8 Å². The van der Waals surface area contributed by atoms with Crippen LogP contribution in [0.5, 0.6) is 0 Å². The highest BCUT2D eigenvalue weighted by atomic mass is 32.2. The standard InChI is InChI=1S/C30H34N2O5S/c1-21(28(33)31-19-22-14-16-25(17-15-22)38(3,35)36)26-18-30(26,2)27(24-12-8-5-9-13-24)32-29(34)37-20-23-10-6-4-7-11-23/h4-17,21,26-27H,18-20H2,1-3H3,(H,31,33)(H,32,34)/t21?,26?,27?,30-/m0/s1. The fourth-order valence-electron chi connectivity index (χ4n) is 5.04. The van der Waals surface area contributed by atoms with Gasteiger partial charge in [0.25, 0.3) is 0 Å². The third-order valence-electron chi connectivity index (χ3n) is 7.45. The highest BCUT2D eigenvalue weighted by Gasteiger charge is 2.59. The number of hydrogen-bond acceptors (Lipinski definition) is 5. The van der Waals surface area contributed by atoms with Gasteiger partial charge < -0.3 is 15.4 Å². The molecule has 0 aromatic heterocycles. The van der Waals surface area contributed by atoms with E-state index in [2.05, 4.69) is 17.6 Å². The number of hydrogen-bond donors (Lipinski definition) is 2. The maximum absolute atomic E-state index is 13.0. The van der Waals surface area contributed by atoms with Crippen LogP contribution in [0.2, 0.25) is 0 Å². The van der Waals surface area contributed by atoms with E-state index in [-0.39, 0.29) is 40.7 Å². The number of carbonyl (C=O) groups is 2. The minimum absolute atomic E-state index is 0.0646. The van der Waals surface area contributed by atoms with Gasteiger partial charge in [0.1, 0.15) is 6.61 Å². The van der Waals surface area contributed by atoms with E-state index in [4.69, 9.17) is 4.74 Å². The van der Waals surface area contributed by atoms with E-state index in [1.54, 1.807) is 24.3 Å². The zero-order chi connectivity index (χ0) is 27.3. The van der Waals surface area contributed by atoms with Crippen molar-refractivity contribution in [2.45, 2.75) is 44.4 Å². The first-order chi connectivity index (χ1) is 18.1. The van der Waals surface area contributed by atoms with Gasteiger partial charge in [-0.2, -0.15) is 0 Å². The Hall–Kier alpha value is -3.65. The van der Waals surface area contributed by atoms with Gasteiger partial charge in [-0.05, 0) is 46.6 Å². The van der Waals surface area contributed by atoms with Crippen molar-refractivity contribution in [2.24, 2.45) is 17.3 Å². The smallest absolute Gasteiger partial charge is 0.407 e. The van der Waals surface area contributed by atoms with Crippen molar-refractivity contribution in [1.29, 1.82) is 0 Å². The monoisotopic (exact) mass is 534 g/mol. The van der Waals surface area contributed by atoms with Crippen molar-refractivity contribution in [1.82, 2.24) is 10.6 Å². The van der Waals surface area contributed by atoms with Crippen LogP contribution in [0.3, 0.4) is 0 Å². The van der Waals surface area contributed by atoms with Gasteiger partial charge in [0.05, 0.1) is 10.9 Å². The lowest BCUT2D eigenvalue weighted by Crippen LogP contribution is -2.37. The fraction of sp³-hybridized carbons (Fsp3) is 0.333. The largest absolute Gasteiger partial charge is 0.445 e. The van der Waals surface area contributed by atoms with E-state index in [1.165, 1.54) is 6.26 Å².